The Balaban J connectivity index is 2.27. The molecule has 0 unspecified atom stereocenters. The van der Waals surface area contributed by atoms with Crippen molar-refractivity contribution < 1.29 is 5.11 Å². The second-order valence-corrected chi connectivity index (χ2v) is 6.75. The van der Waals surface area contributed by atoms with Crippen molar-refractivity contribution in [3.05, 3.63) is 69.7 Å². The van der Waals surface area contributed by atoms with Crippen molar-refractivity contribution in [1.82, 2.24) is 0 Å². The number of hydrogen-bond acceptors (Lipinski definition) is 1. The number of rotatable bonds is 2. The van der Waals surface area contributed by atoms with E-state index >= 15 is 0 Å². The lowest BCUT2D eigenvalue weighted by molar-refractivity contribution is 0.220. The van der Waals surface area contributed by atoms with Crippen LogP contribution >= 0.6 is 15.9 Å². The number of hydrogen-bond donors (Lipinski definition) is 1. The van der Waals surface area contributed by atoms with Crippen LogP contribution in [0, 0.1) is 0 Å². The molecule has 0 amide bonds. The highest BCUT2D eigenvalue weighted by molar-refractivity contribution is 9.10. The molecule has 0 saturated heterocycles. The van der Waals surface area contributed by atoms with Gasteiger partial charge in [0, 0.05) is 4.47 Å². The van der Waals surface area contributed by atoms with E-state index < -0.39 is 6.10 Å². The van der Waals surface area contributed by atoms with Crippen LogP contribution in [-0.4, -0.2) is 5.11 Å². The van der Waals surface area contributed by atoms with E-state index in [2.05, 4.69) is 48.8 Å². The lowest BCUT2D eigenvalue weighted by Gasteiger charge is -2.20. The summed E-state index contributed by atoms with van der Waals surface area (Å²) < 4.78 is 0.982. The van der Waals surface area contributed by atoms with Crippen molar-refractivity contribution in [2.24, 2.45) is 0 Å². The fraction of sp³-hybridized carbons (Fsp3) is 0.294. The molecule has 0 fully saturated rings. The van der Waals surface area contributed by atoms with E-state index in [0.29, 0.717) is 0 Å². The van der Waals surface area contributed by atoms with E-state index in [1.807, 2.05) is 36.4 Å². The average molecular weight is 319 g/mol. The molecule has 2 aromatic carbocycles. The molecule has 100 valence electrons. The van der Waals surface area contributed by atoms with Gasteiger partial charge in [-0.1, -0.05) is 73.1 Å². The molecule has 0 spiro atoms. The van der Waals surface area contributed by atoms with E-state index in [-0.39, 0.29) is 5.41 Å². The van der Waals surface area contributed by atoms with E-state index in [0.717, 1.165) is 15.6 Å². The first-order valence-corrected chi connectivity index (χ1v) is 7.21. The smallest absolute Gasteiger partial charge is 0.104 e. The van der Waals surface area contributed by atoms with E-state index in [9.17, 15) is 5.11 Å². The van der Waals surface area contributed by atoms with E-state index in [1.54, 1.807) is 0 Å². The zero-order valence-electron chi connectivity index (χ0n) is 11.5. The summed E-state index contributed by atoms with van der Waals surface area (Å²) in [6.07, 6.45) is -0.577. The van der Waals surface area contributed by atoms with Crippen molar-refractivity contribution in [3.8, 4) is 0 Å². The van der Waals surface area contributed by atoms with Crippen molar-refractivity contribution >= 4 is 15.9 Å². The van der Waals surface area contributed by atoms with Gasteiger partial charge in [-0.2, -0.15) is 0 Å². The van der Waals surface area contributed by atoms with Gasteiger partial charge >= 0.3 is 0 Å². The summed E-state index contributed by atoms with van der Waals surface area (Å²) in [5.74, 6) is 0. The zero-order valence-corrected chi connectivity index (χ0v) is 13.1. The number of aliphatic hydroxyl groups excluding tert-OH is 1. The molecule has 19 heavy (non-hydrogen) atoms. The summed E-state index contributed by atoms with van der Waals surface area (Å²) in [6, 6.07) is 16.0. The SMILES string of the molecule is CC(C)(C)c1ccc([C@H](O)c2cccc(Br)c2)cc1. The second kappa shape index (κ2) is 5.48. The summed E-state index contributed by atoms with van der Waals surface area (Å²) >= 11 is 3.43. The first kappa shape index (κ1) is 14.3. The molecule has 0 heterocycles. The summed E-state index contributed by atoms with van der Waals surface area (Å²) in [7, 11) is 0. The predicted octanol–water partition coefficient (Wildman–Crippen LogP) is 4.83. The Morgan fingerprint density at radius 3 is 2.11 bits per heavy atom. The Labute approximate surface area is 123 Å². The van der Waals surface area contributed by atoms with Gasteiger partial charge in [-0.3, -0.25) is 0 Å². The normalized spacial score (nSPS) is 13.3. The molecule has 0 aliphatic heterocycles. The molecule has 0 aromatic heterocycles. The minimum absolute atomic E-state index is 0.138. The zero-order chi connectivity index (χ0) is 14.0. The van der Waals surface area contributed by atoms with Crippen molar-refractivity contribution in [3.63, 3.8) is 0 Å². The summed E-state index contributed by atoms with van der Waals surface area (Å²) in [5, 5.41) is 10.4. The third kappa shape index (κ3) is 3.46. The monoisotopic (exact) mass is 318 g/mol. The molecule has 2 heteroatoms. The minimum atomic E-state index is -0.577. The Morgan fingerprint density at radius 2 is 1.58 bits per heavy atom. The van der Waals surface area contributed by atoms with Crippen LogP contribution in [-0.2, 0) is 5.41 Å². The van der Waals surface area contributed by atoms with Gasteiger partial charge in [-0.05, 0) is 34.2 Å². The van der Waals surface area contributed by atoms with Crippen molar-refractivity contribution in [2.75, 3.05) is 0 Å². The molecule has 1 nitrogen and oxygen atoms in total. The third-order valence-electron chi connectivity index (χ3n) is 3.26. The van der Waals surface area contributed by atoms with Crippen LogP contribution in [0.5, 0.6) is 0 Å². The number of halogens is 1. The van der Waals surface area contributed by atoms with Gasteiger partial charge in [0.15, 0.2) is 0 Å². The standard InChI is InChI=1S/C17H19BrO/c1-17(2,3)14-9-7-12(8-10-14)16(19)13-5-4-6-15(18)11-13/h4-11,16,19H,1-3H3/t16-/m0/s1. The summed E-state index contributed by atoms with van der Waals surface area (Å²) in [4.78, 5) is 0. The van der Waals surface area contributed by atoms with Crippen LogP contribution in [0.1, 0.15) is 43.6 Å². The topological polar surface area (TPSA) is 20.2 Å². The maximum absolute atomic E-state index is 10.4. The second-order valence-electron chi connectivity index (χ2n) is 5.83. The fourth-order valence-corrected chi connectivity index (χ4v) is 2.45. The quantitative estimate of drug-likeness (QED) is 0.841. The molecule has 1 N–H and O–H groups in total. The lowest BCUT2D eigenvalue weighted by atomic mass is 9.86. The van der Waals surface area contributed by atoms with E-state index in [1.165, 1.54) is 5.56 Å². The average Bonchev–Trinajstić information content (AvgIpc) is 2.37. The first-order chi connectivity index (χ1) is 8.88. The van der Waals surface area contributed by atoms with Gasteiger partial charge in [0.05, 0.1) is 0 Å². The van der Waals surface area contributed by atoms with Gasteiger partial charge in [-0.15, -0.1) is 0 Å². The molecular formula is C17H19BrO. The molecule has 2 rings (SSSR count). The van der Waals surface area contributed by atoms with Gasteiger partial charge in [0.25, 0.3) is 0 Å². The van der Waals surface area contributed by atoms with Gasteiger partial charge in [0.1, 0.15) is 6.10 Å². The lowest BCUT2D eigenvalue weighted by Crippen LogP contribution is -2.11. The molecule has 1 atom stereocenters. The van der Waals surface area contributed by atoms with Crippen LogP contribution in [0.15, 0.2) is 53.0 Å². The van der Waals surface area contributed by atoms with Crippen LogP contribution in [0.2, 0.25) is 0 Å². The van der Waals surface area contributed by atoms with Crippen molar-refractivity contribution in [2.45, 2.75) is 32.3 Å². The van der Waals surface area contributed by atoms with Crippen LogP contribution < -0.4 is 0 Å². The van der Waals surface area contributed by atoms with Crippen LogP contribution in [0.3, 0.4) is 0 Å². The predicted molar refractivity (Wildman–Crippen MR) is 83.3 cm³/mol. The number of aliphatic hydroxyl groups is 1. The van der Waals surface area contributed by atoms with Gasteiger partial charge in [0.2, 0.25) is 0 Å². The molecule has 0 radical (unpaired) electrons. The Hall–Kier alpha value is -1.12. The van der Waals surface area contributed by atoms with Gasteiger partial charge in [-0.25, -0.2) is 0 Å². The Morgan fingerprint density at radius 1 is 0.947 bits per heavy atom. The fourth-order valence-electron chi connectivity index (χ4n) is 2.03. The number of benzene rings is 2. The highest BCUT2D eigenvalue weighted by Crippen LogP contribution is 2.27. The largest absolute Gasteiger partial charge is 0.384 e. The Kier molecular flexibility index (Phi) is 4.12. The minimum Gasteiger partial charge on any atom is -0.384 e. The van der Waals surface area contributed by atoms with Crippen LogP contribution in [0.25, 0.3) is 0 Å². The molecule has 0 aliphatic rings. The Bertz CT molecular complexity index is 552. The molecular weight excluding hydrogens is 300 g/mol. The maximum Gasteiger partial charge on any atom is 0.104 e. The summed E-state index contributed by atoms with van der Waals surface area (Å²) in [6.45, 7) is 6.56. The van der Waals surface area contributed by atoms with Gasteiger partial charge < -0.3 is 5.11 Å². The van der Waals surface area contributed by atoms with E-state index in [4.69, 9.17) is 0 Å². The maximum atomic E-state index is 10.4. The third-order valence-corrected chi connectivity index (χ3v) is 3.75. The first-order valence-electron chi connectivity index (χ1n) is 6.42. The van der Waals surface area contributed by atoms with Crippen molar-refractivity contribution in [1.29, 1.82) is 0 Å². The molecule has 0 aliphatic carbocycles. The molecule has 0 saturated carbocycles. The highest BCUT2D eigenvalue weighted by atomic mass is 79.9. The molecule has 0 bridgehead atoms. The highest BCUT2D eigenvalue weighted by Gasteiger charge is 2.15. The molecule has 2 aromatic rings. The van der Waals surface area contributed by atoms with Crippen LogP contribution in [0.4, 0.5) is 0 Å². The summed E-state index contributed by atoms with van der Waals surface area (Å²) in [5.41, 5.74) is 3.24.